The molecule has 0 spiro atoms. The molecule has 0 amide bonds. The van der Waals surface area contributed by atoms with E-state index in [9.17, 15) is 4.79 Å². The molecule has 27 heavy (non-hydrogen) atoms. The highest BCUT2D eigenvalue weighted by Crippen LogP contribution is 2.32. The lowest BCUT2D eigenvalue weighted by Crippen LogP contribution is -2.14. The molecule has 7 heteroatoms. The lowest BCUT2D eigenvalue weighted by molar-refractivity contribution is -0.139. The van der Waals surface area contributed by atoms with Crippen LogP contribution in [0.4, 0.5) is 0 Å². The first-order valence-corrected chi connectivity index (χ1v) is 8.56. The number of fused-ring (bicyclic) bond motifs is 1. The Balaban J connectivity index is 1.67. The molecule has 1 aliphatic heterocycles. The highest BCUT2D eigenvalue weighted by Gasteiger charge is 2.17. The Labute approximate surface area is 162 Å². The summed E-state index contributed by atoms with van der Waals surface area (Å²) in [5, 5.41) is 0.535. The molecule has 142 valence electrons. The maximum Gasteiger partial charge on any atom is 0.331 e. The van der Waals surface area contributed by atoms with Gasteiger partial charge in [0.05, 0.1) is 20.8 Å². The third-order valence-electron chi connectivity index (χ3n) is 3.91. The zero-order valence-electron chi connectivity index (χ0n) is 15.0. The van der Waals surface area contributed by atoms with E-state index in [1.54, 1.807) is 50.6 Å². The van der Waals surface area contributed by atoms with Crippen molar-refractivity contribution >= 4 is 23.6 Å². The predicted molar refractivity (Wildman–Crippen MR) is 100 cm³/mol. The van der Waals surface area contributed by atoms with Crippen LogP contribution in [0.2, 0.25) is 5.02 Å². The maximum atomic E-state index is 12.1. The number of carbonyl (C=O) groups excluding carboxylic acids is 1. The fourth-order valence-corrected chi connectivity index (χ4v) is 2.91. The molecule has 0 saturated heterocycles. The number of hydrogen-bond donors (Lipinski definition) is 0. The van der Waals surface area contributed by atoms with Crippen molar-refractivity contribution in [3.05, 3.63) is 58.1 Å². The summed E-state index contributed by atoms with van der Waals surface area (Å²) in [6.07, 6.45) is 2.97. The van der Waals surface area contributed by atoms with Gasteiger partial charge in [-0.15, -0.1) is 0 Å². The molecule has 0 saturated carbocycles. The van der Waals surface area contributed by atoms with E-state index in [1.165, 1.54) is 6.08 Å². The van der Waals surface area contributed by atoms with E-state index < -0.39 is 5.97 Å². The van der Waals surface area contributed by atoms with Crippen LogP contribution in [0.3, 0.4) is 0 Å². The molecule has 0 radical (unpaired) electrons. The van der Waals surface area contributed by atoms with Crippen LogP contribution >= 0.6 is 11.6 Å². The Hall–Kier alpha value is -2.70. The standard InChI is InChI=1S/C20H19ClO6/c1-23-17-5-13(6-18(9-17)24-2)3-4-19(22)26-11-15-8-16(21)7-14-10-25-12-27-20(14)15/h3-9H,10-12H2,1-2H3/b4-3+. The SMILES string of the molecule is COc1cc(/C=C/C(=O)OCc2cc(Cl)cc3c2OCOC3)cc(OC)c1. The largest absolute Gasteiger partial charge is 0.497 e. The van der Waals surface area contributed by atoms with Gasteiger partial charge in [0, 0.05) is 28.3 Å². The van der Waals surface area contributed by atoms with Crippen molar-refractivity contribution in [1.82, 2.24) is 0 Å². The molecule has 1 aliphatic rings. The van der Waals surface area contributed by atoms with Gasteiger partial charge in [-0.3, -0.25) is 0 Å². The normalized spacial score (nSPS) is 13.0. The number of benzene rings is 2. The quantitative estimate of drug-likeness (QED) is 0.549. The van der Waals surface area contributed by atoms with Crippen LogP contribution in [0, 0.1) is 0 Å². The molecule has 1 heterocycles. The summed E-state index contributed by atoms with van der Waals surface area (Å²) < 4.78 is 26.5. The van der Waals surface area contributed by atoms with Gasteiger partial charge in [-0.25, -0.2) is 4.79 Å². The Morgan fingerprint density at radius 1 is 1.15 bits per heavy atom. The van der Waals surface area contributed by atoms with Gasteiger partial charge in [-0.1, -0.05) is 11.6 Å². The number of methoxy groups -OCH3 is 2. The number of halogens is 1. The summed E-state index contributed by atoms with van der Waals surface area (Å²) in [6.45, 7) is 0.620. The Bertz CT molecular complexity index is 840. The second-order valence-electron chi connectivity index (χ2n) is 5.75. The van der Waals surface area contributed by atoms with Crippen LogP contribution in [0.25, 0.3) is 6.08 Å². The van der Waals surface area contributed by atoms with Gasteiger partial charge in [-0.05, 0) is 35.9 Å². The number of ether oxygens (including phenoxy) is 5. The summed E-state index contributed by atoms with van der Waals surface area (Å²) in [4.78, 5) is 12.1. The Morgan fingerprint density at radius 3 is 2.59 bits per heavy atom. The first-order valence-electron chi connectivity index (χ1n) is 8.19. The van der Waals surface area contributed by atoms with Gasteiger partial charge >= 0.3 is 5.97 Å². The van der Waals surface area contributed by atoms with Crippen molar-refractivity contribution in [3.8, 4) is 17.2 Å². The molecular formula is C20H19ClO6. The average molecular weight is 391 g/mol. The Kier molecular flexibility index (Phi) is 6.21. The first-order chi connectivity index (χ1) is 13.1. The molecule has 0 aromatic heterocycles. The van der Waals surface area contributed by atoms with Crippen molar-refractivity contribution in [2.24, 2.45) is 0 Å². The molecular weight excluding hydrogens is 372 g/mol. The number of rotatable bonds is 6. The van der Waals surface area contributed by atoms with Crippen LogP contribution in [0.15, 0.2) is 36.4 Å². The minimum Gasteiger partial charge on any atom is -0.497 e. The van der Waals surface area contributed by atoms with E-state index in [0.717, 1.165) is 11.1 Å². The lowest BCUT2D eigenvalue weighted by atomic mass is 10.1. The van der Waals surface area contributed by atoms with E-state index in [-0.39, 0.29) is 13.4 Å². The molecule has 0 aliphatic carbocycles. The van der Waals surface area contributed by atoms with E-state index >= 15 is 0 Å². The summed E-state index contributed by atoms with van der Waals surface area (Å²) >= 11 is 6.11. The van der Waals surface area contributed by atoms with Crippen LogP contribution in [-0.4, -0.2) is 27.0 Å². The zero-order valence-corrected chi connectivity index (χ0v) is 15.7. The van der Waals surface area contributed by atoms with Crippen molar-refractivity contribution in [3.63, 3.8) is 0 Å². The summed E-state index contributed by atoms with van der Waals surface area (Å²) in [6, 6.07) is 8.82. The minimum absolute atomic E-state index is 0.0491. The second kappa shape index (κ2) is 8.79. The molecule has 3 rings (SSSR count). The number of hydrogen-bond acceptors (Lipinski definition) is 6. The van der Waals surface area contributed by atoms with Crippen LogP contribution in [-0.2, 0) is 27.5 Å². The summed E-state index contributed by atoms with van der Waals surface area (Å²) in [5.74, 6) is 1.43. The molecule has 0 fully saturated rings. The molecule has 2 aromatic rings. The van der Waals surface area contributed by atoms with E-state index in [2.05, 4.69) is 0 Å². The maximum absolute atomic E-state index is 12.1. The number of carbonyl (C=O) groups is 1. The highest BCUT2D eigenvalue weighted by molar-refractivity contribution is 6.30. The number of esters is 1. The van der Waals surface area contributed by atoms with Crippen molar-refractivity contribution in [2.45, 2.75) is 13.2 Å². The predicted octanol–water partition coefficient (Wildman–Crippen LogP) is 3.98. The van der Waals surface area contributed by atoms with Crippen molar-refractivity contribution in [2.75, 3.05) is 21.0 Å². The van der Waals surface area contributed by atoms with Gasteiger partial charge < -0.3 is 23.7 Å². The third kappa shape index (κ3) is 4.93. The van der Waals surface area contributed by atoms with Gasteiger partial charge in [-0.2, -0.15) is 0 Å². The van der Waals surface area contributed by atoms with Crippen molar-refractivity contribution < 1.29 is 28.5 Å². The molecule has 0 N–H and O–H groups in total. The van der Waals surface area contributed by atoms with Gasteiger partial charge in [0.1, 0.15) is 23.9 Å². The lowest BCUT2D eigenvalue weighted by Gasteiger charge is -2.20. The monoisotopic (exact) mass is 390 g/mol. The van der Waals surface area contributed by atoms with Gasteiger partial charge in [0.2, 0.25) is 0 Å². The fraction of sp³-hybridized carbons (Fsp3) is 0.250. The summed E-state index contributed by atoms with van der Waals surface area (Å²) in [5.41, 5.74) is 2.29. The van der Waals surface area contributed by atoms with Gasteiger partial charge in [0.15, 0.2) is 6.79 Å². The second-order valence-corrected chi connectivity index (χ2v) is 6.19. The third-order valence-corrected chi connectivity index (χ3v) is 4.13. The minimum atomic E-state index is -0.488. The van der Waals surface area contributed by atoms with E-state index in [4.69, 9.17) is 35.3 Å². The molecule has 0 bridgehead atoms. The first kappa shape index (κ1) is 19.1. The molecule has 2 aromatic carbocycles. The van der Waals surface area contributed by atoms with Crippen LogP contribution < -0.4 is 14.2 Å². The highest BCUT2D eigenvalue weighted by atomic mass is 35.5. The Morgan fingerprint density at radius 2 is 1.89 bits per heavy atom. The van der Waals surface area contributed by atoms with E-state index in [0.29, 0.717) is 34.4 Å². The molecule has 6 nitrogen and oxygen atoms in total. The summed E-state index contributed by atoms with van der Waals surface area (Å²) in [7, 11) is 3.13. The van der Waals surface area contributed by atoms with E-state index in [1.807, 2.05) is 0 Å². The van der Waals surface area contributed by atoms with Crippen LogP contribution in [0.5, 0.6) is 17.2 Å². The zero-order chi connectivity index (χ0) is 19.2. The topological polar surface area (TPSA) is 63.2 Å². The molecule has 0 atom stereocenters. The fourth-order valence-electron chi connectivity index (χ4n) is 2.65. The van der Waals surface area contributed by atoms with Crippen LogP contribution in [0.1, 0.15) is 16.7 Å². The average Bonchev–Trinajstić information content (AvgIpc) is 2.69. The van der Waals surface area contributed by atoms with Crippen molar-refractivity contribution in [1.29, 1.82) is 0 Å². The van der Waals surface area contributed by atoms with Gasteiger partial charge in [0.25, 0.3) is 0 Å². The molecule has 0 unspecified atom stereocenters. The smallest absolute Gasteiger partial charge is 0.331 e.